The van der Waals surface area contributed by atoms with E-state index in [2.05, 4.69) is 16.0 Å². The topological polar surface area (TPSA) is 160 Å². The lowest BCUT2D eigenvalue weighted by atomic mass is 10.0. The number of hydrogen-bond donors (Lipinski definition) is 4. The molecular weight excluding hydrogens is 486 g/mol. The third-order valence-electron chi connectivity index (χ3n) is 5.37. The second kappa shape index (κ2) is 20.8. The lowest BCUT2D eigenvalue weighted by Crippen LogP contribution is -2.24. The van der Waals surface area contributed by atoms with Gasteiger partial charge >= 0.3 is 21.1 Å². The monoisotopic (exact) mass is 532 g/mol. The normalized spacial score (nSPS) is 14.6. The first-order valence-corrected chi connectivity index (χ1v) is 15.7. The molecule has 4 N–H and O–H groups in total. The predicted octanol–water partition coefficient (Wildman–Crippen LogP) is 6.06. The molecule has 204 valence electrons. The van der Waals surface area contributed by atoms with Crippen molar-refractivity contribution >= 4 is 21.1 Å². The van der Waals surface area contributed by atoms with Crippen LogP contribution in [-0.2, 0) is 22.9 Å². The number of ether oxygens (including phenoxy) is 1. The lowest BCUT2D eigenvalue weighted by molar-refractivity contribution is 0.0139. The van der Waals surface area contributed by atoms with E-state index in [1.54, 1.807) is 0 Å². The van der Waals surface area contributed by atoms with Crippen LogP contribution in [0.2, 0.25) is 0 Å². The number of rotatable bonds is 24. The van der Waals surface area contributed by atoms with Crippen LogP contribution < -0.4 is 0 Å². The third-order valence-corrected chi connectivity index (χ3v) is 7.05. The largest absolute Gasteiger partial charge is 0.527 e. The Morgan fingerprint density at radius 2 is 1.15 bits per heavy atom. The van der Waals surface area contributed by atoms with Gasteiger partial charge in [0.15, 0.2) is 0 Å². The van der Waals surface area contributed by atoms with Crippen LogP contribution >= 0.6 is 15.4 Å². The van der Waals surface area contributed by atoms with Gasteiger partial charge in [0.05, 0.1) is 13.2 Å². The summed E-state index contributed by atoms with van der Waals surface area (Å²) in [6, 6.07) is 0. The molecule has 0 heterocycles. The number of aliphatic hydroxyl groups excluding tert-OH is 1. The Balaban J connectivity index is 3.60. The summed E-state index contributed by atoms with van der Waals surface area (Å²) in [5.74, 6) is 0. The van der Waals surface area contributed by atoms with E-state index in [1.165, 1.54) is 83.5 Å². The third kappa shape index (κ3) is 21.0. The molecule has 0 fully saturated rings. The second-order valence-electron chi connectivity index (χ2n) is 8.66. The quantitative estimate of drug-likeness (QED) is 0.0850. The summed E-state index contributed by atoms with van der Waals surface area (Å²) in [4.78, 5) is 37.8. The highest BCUT2D eigenvalue weighted by molar-refractivity contribution is 7.71. The van der Waals surface area contributed by atoms with Crippen molar-refractivity contribution in [3.63, 3.8) is 0 Å². The van der Waals surface area contributed by atoms with Crippen molar-refractivity contribution in [3.05, 3.63) is 0 Å². The van der Waals surface area contributed by atoms with E-state index in [1.807, 2.05) is 0 Å². The molecule has 34 heavy (non-hydrogen) atoms. The number of phosphoric ester groups is 1. The van der Waals surface area contributed by atoms with Gasteiger partial charge in [-0.05, 0) is 6.42 Å². The van der Waals surface area contributed by atoms with Gasteiger partial charge < -0.3 is 19.3 Å². The molecule has 1 unspecified atom stereocenters. The zero-order valence-electron chi connectivity index (χ0n) is 20.6. The Morgan fingerprint density at radius 1 is 0.735 bits per heavy atom. The number of hydrogen-bond acceptors (Lipinski definition) is 7. The highest BCUT2D eigenvalue weighted by Crippen LogP contribution is 2.51. The van der Waals surface area contributed by atoms with Crippen LogP contribution in [0, 0.1) is 0 Å². The van der Waals surface area contributed by atoms with Crippen molar-refractivity contribution in [3.8, 4) is 0 Å². The molecule has 0 aliphatic heterocycles. The second-order valence-corrected chi connectivity index (χ2v) is 11.4. The molecule has 0 aliphatic rings. The molecule has 0 spiro atoms. The van der Waals surface area contributed by atoms with Gasteiger partial charge in [-0.15, -0.1) is 0 Å². The summed E-state index contributed by atoms with van der Waals surface area (Å²) in [7, 11) is -10.4. The van der Waals surface area contributed by atoms with E-state index in [-0.39, 0.29) is 6.61 Å². The van der Waals surface area contributed by atoms with Crippen LogP contribution in [0.25, 0.3) is 0 Å². The number of unbranched alkanes of at least 4 members (excludes halogenated alkanes) is 15. The highest BCUT2D eigenvalue weighted by Gasteiger charge is 2.40. The van der Waals surface area contributed by atoms with E-state index in [0.717, 1.165) is 19.3 Å². The fourth-order valence-corrected chi connectivity index (χ4v) is 5.03. The van der Waals surface area contributed by atoms with Crippen molar-refractivity contribution in [1.29, 1.82) is 0 Å². The Hall–Kier alpha value is -0.310. The molecule has 0 aromatic heterocycles. The molecule has 0 aromatic carbocycles. The number of aliphatic hydroxyl groups is 1. The zero-order chi connectivity index (χ0) is 25.7. The minimum atomic E-state index is -5.28. The van der Waals surface area contributed by atoms with Crippen molar-refractivity contribution in [2.75, 3.05) is 19.8 Å². The van der Waals surface area contributed by atoms with Crippen molar-refractivity contribution in [2.45, 2.75) is 116 Å². The molecule has 0 rings (SSSR count). The van der Waals surface area contributed by atoms with Crippen LogP contribution in [0.5, 0.6) is 0 Å². The van der Waals surface area contributed by atoms with E-state index < -0.39 is 33.8 Å². The van der Waals surface area contributed by atoms with Gasteiger partial charge in [-0.25, -0.2) is 13.9 Å². The Labute approximate surface area is 204 Å². The first-order chi connectivity index (χ1) is 16.1. The summed E-state index contributed by atoms with van der Waals surface area (Å²) in [6.45, 7) is 1.64. The van der Waals surface area contributed by atoms with E-state index >= 15 is 0 Å². The zero-order valence-corrected chi connectivity index (χ0v) is 22.4. The molecule has 0 aromatic rings. The molecule has 10 nitrogen and oxygen atoms in total. The maximum atomic E-state index is 11.7. The Kier molecular flexibility index (Phi) is 20.6. The van der Waals surface area contributed by atoms with Gasteiger partial charge in [0.25, 0.3) is 0 Å². The molecular formula is C22H46O10P2. The number of carbonyl (C=O) groups is 1. The maximum absolute atomic E-state index is 11.7. The summed E-state index contributed by atoms with van der Waals surface area (Å²) < 4.78 is 35.7. The van der Waals surface area contributed by atoms with Gasteiger partial charge in [0.2, 0.25) is 0 Å². The van der Waals surface area contributed by atoms with Crippen LogP contribution in [0.3, 0.4) is 0 Å². The van der Waals surface area contributed by atoms with Gasteiger partial charge in [0.1, 0.15) is 6.10 Å². The van der Waals surface area contributed by atoms with E-state index in [9.17, 15) is 23.9 Å². The van der Waals surface area contributed by atoms with Crippen molar-refractivity contribution in [2.24, 2.45) is 0 Å². The van der Waals surface area contributed by atoms with Gasteiger partial charge in [-0.3, -0.25) is 14.3 Å². The van der Waals surface area contributed by atoms with Crippen LogP contribution in [0.4, 0.5) is 4.79 Å². The lowest BCUT2D eigenvalue weighted by Gasteiger charge is -2.18. The minimum Gasteiger partial charge on any atom is -0.394 e. The average Bonchev–Trinajstić information content (AvgIpc) is 2.76. The standard InChI is InChI=1S/C22H46O10P2/c1-2-3-4-5-6-7-8-9-10-11-12-13-14-15-16-17-18-30-20-21(19-23)31-33(25,26)22(24)32-34(27,28)29/h21,23H,2-20H2,1H3,(H,25,26)(H2,27,28,29)/t21-/m0/s1. The van der Waals surface area contributed by atoms with E-state index in [0.29, 0.717) is 6.61 Å². The Morgan fingerprint density at radius 3 is 1.53 bits per heavy atom. The molecule has 2 atom stereocenters. The number of phosphoric acid groups is 1. The smallest absolute Gasteiger partial charge is 0.394 e. The molecule has 0 bridgehead atoms. The average molecular weight is 533 g/mol. The predicted molar refractivity (Wildman–Crippen MR) is 131 cm³/mol. The molecule has 0 amide bonds. The molecule has 0 aliphatic carbocycles. The Bertz CT molecular complexity index is 596. The molecule has 0 saturated heterocycles. The van der Waals surface area contributed by atoms with Crippen molar-refractivity contribution < 1.29 is 47.5 Å². The summed E-state index contributed by atoms with van der Waals surface area (Å²) >= 11 is 0. The van der Waals surface area contributed by atoms with Crippen molar-refractivity contribution in [1.82, 2.24) is 0 Å². The van der Waals surface area contributed by atoms with Gasteiger partial charge in [-0.1, -0.05) is 103 Å². The first kappa shape index (κ1) is 33.7. The minimum absolute atomic E-state index is 0.247. The fourth-order valence-electron chi connectivity index (χ4n) is 3.48. The fraction of sp³-hybridized carbons (Fsp3) is 0.955. The SMILES string of the molecule is CCCCCCCCCCCCCCCCCCOC[C@H](CO)OP(=O)(O)C(=O)OP(=O)(O)O. The highest BCUT2D eigenvalue weighted by atomic mass is 31.2. The first-order valence-electron chi connectivity index (χ1n) is 12.6. The number of carbonyl (C=O) groups excluding carboxylic acids is 1. The summed E-state index contributed by atoms with van der Waals surface area (Å²) in [6.07, 6.45) is 18.8. The molecule has 12 heteroatoms. The van der Waals surface area contributed by atoms with Gasteiger partial charge in [0, 0.05) is 6.61 Å². The van der Waals surface area contributed by atoms with Crippen LogP contribution in [-0.4, -0.2) is 51.4 Å². The maximum Gasteiger partial charge on any atom is 0.527 e. The van der Waals surface area contributed by atoms with Crippen LogP contribution in [0.15, 0.2) is 0 Å². The molecule has 0 saturated carbocycles. The van der Waals surface area contributed by atoms with E-state index in [4.69, 9.17) is 14.5 Å². The molecule has 0 radical (unpaired) electrons. The summed E-state index contributed by atoms with van der Waals surface area (Å²) in [5.41, 5.74) is -2.09. The summed E-state index contributed by atoms with van der Waals surface area (Å²) in [5, 5.41) is 9.20. The van der Waals surface area contributed by atoms with Gasteiger partial charge in [-0.2, -0.15) is 0 Å². The van der Waals surface area contributed by atoms with Crippen LogP contribution in [0.1, 0.15) is 110 Å².